The minimum absolute atomic E-state index is 0.240. The average molecular weight is 467 g/mol. The van der Waals surface area contributed by atoms with Gasteiger partial charge in [0.1, 0.15) is 17.5 Å². The maximum absolute atomic E-state index is 13.1. The molecule has 0 radical (unpaired) electrons. The molecule has 0 spiro atoms. The first-order valence-electron chi connectivity index (χ1n) is 10.6. The van der Waals surface area contributed by atoms with Crippen LogP contribution in [0.3, 0.4) is 0 Å². The lowest BCUT2D eigenvalue weighted by atomic mass is 10.1. The number of halogens is 1. The van der Waals surface area contributed by atoms with Crippen LogP contribution >= 0.6 is 11.6 Å². The molecule has 0 aliphatic carbocycles. The van der Waals surface area contributed by atoms with E-state index in [0.717, 1.165) is 11.1 Å². The van der Waals surface area contributed by atoms with E-state index in [1.165, 1.54) is 4.90 Å². The Morgan fingerprint density at radius 1 is 0.939 bits per heavy atom. The average Bonchev–Trinajstić information content (AvgIpc) is 2.85. The zero-order valence-electron chi connectivity index (χ0n) is 18.7. The number of hydrogen-bond acceptors (Lipinski definition) is 4. The predicted molar refractivity (Wildman–Crippen MR) is 128 cm³/mol. The van der Waals surface area contributed by atoms with Crippen molar-refractivity contribution in [3.8, 4) is 11.5 Å². The Morgan fingerprint density at radius 3 is 2.27 bits per heavy atom. The minimum atomic E-state index is -0.710. The van der Waals surface area contributed by atoms with Gasteiger partial charge in [-0.3, -0.25) is 9.59 Å². The highest BCUT2D eigenvalue weighted by Crippen LogP contribution is 2.23. The molecular weight excluding hydrogens is 440 g/mol. The Labute approximate surface area is 199 Å². The Kier molecular flexibility index (Phi) is 8.72. The van der Waals surface area contributed by atoms with Crippen molar-refractivity contribution in [1.82, 2.24) is 10.2 Å². The molecule has 0 bridgehead atoms. The Hall–Kier alpha value is -3.51. The number of ether oxygens (including phenoxy) is 2. The number of hydrogen-bond donors (Lipinski definition) is 1. The van der Waals surface area contributed by atoms with Gasteiger partial charge in [0, 0.05) is 13.1 Å². The second-order valence-corrected chi connectivity index (χ2v) is 7.88. The number of methoxy groups -OCH3 is 1. The Bertz CT molecular complexity index is 1060. The van der Waals surface area contributed by atoms with E-state index >= 15 is 0 Å². The summed E-state index contributed by atoms with van der Waals surface area (Å²) >= 11 is 6.13. The van der Waals surface area contributed by atoms with Crippen LogP contribution in [0.4, 0.5) is 0 Å². The number of carbonyl (C=O) groups is 2. The summed E-state index contributed by atoms with van der Waals surface area (Å²) < 4.78 is 10.8. The van der Waals surface area contributed by atoms with Gasteiger partial charge in [0.25, 0.3) is 5.91 Å². The number of carbonyl (C=O) groups excluding carboxylic acids is 2. The zero-order valence-corrected chi connectivity index (χ0v) is 19.4. The molecule has 3 aromatic rings. The van der Waals surface area contributed by atoms with Crippen molar-refractivity contribution in [3.05, 3.63) is 95.0 Å². The summed E-state index contributed by atoms with van der Waals surface area (Å²) in [5.74, 6) is 0.553. The van der Waals surface area contributed by atoms with Crippen molar-refractivity contribution in [1.29, 1.82) is 0 Å². The van der Waals surface area contributed by atoms with E-state index < -0.39 is 6.04 Å². The lowest BCUT2D eigenvalue weighted by molar-refractivity contribution is -0.142. The van der Waals surface area contributed by atoms with Crippen LogP contribution in [0.25, 0.3) is 0 Å². The zero-order chi connectivity index (χ0) is 23.6. The first-order valence-corrected chi connectivity index (χ1v) is 11.0. The third-order valence-corrected chi connectivity index (χ3v) is 5.49. The van der Waals surface area contributed by atoms with E-state index in [0.29, 0.717) is 23.1 Å². The van der Waals surface area contributed by atoms with E-state index in [4.69, 9.17) is 21.1 Å². The highest BCUT2D eigenvalue weighted by Gasteiger charge is 2.26. The van der Waals surface area contributed by atoms with Gasteiger partial charge in [0.2, 0.25) is 5.91 Å². The molecule has 0 fully saturated rings. The first kappa shape index (κ1) is 24.1. The topological polar surface area (TPSA) is 67.9 Å². The van der Waals surface area contributed by atoms with Crippen LogP contribution in [0.2, 0.25) is 5.02 Å². The summed E-state index contributed by atoms with van der Waals surface area (Å²) in [6.45, 7) is 2.09. The van der Waals surface area contributed by atoms with E-state index in [-0.39, 0.29) is 25.0 Å². The molecule has 172 valence electrons. The molecule has 0 aliphatic rings. The predicted octanol–water partition coefficient (Wildman–Crippen LogP) is 4.46. The molecule has 3 rings (SSSR count). The number of benzene rings is 3. The van der Waals surface area contributed by atoms with Gasteiger partial charge in [0.15, 0.2) is 6.61 Å². The molecule has 0 heterocycles. The molecule has 0 aromatic heterocycles. The monoisotopic (exact) mass is 466 g/mol. The number of nitrogens with zero attached hydrogens (tertiary/aromatic N) is 1. The van der Waals surface area contributed by atoms with Crippen LogP contribution in [-0.4, -0.2) is 36.5 Å². The van der Waals surface area contributed by atoms with Crippen molar-refractivity contribution in [3.63, 3.8) is 0 Å². The minimum Gasteiger partial charge on any atom is -0.497 e. The molecule has 3 aromatic carbocycles. The van der Waals surface area contributed by atoms with E-state index in [1.807, 2.05) is 54.6 Å². The van der Waals surface area contributed by atoms with Crippen LogP contribution in [0, 0.1) is 0 Å². The third-order valence-electron chi connectivity index (χ3n) is 5.18. The number of amides is 2. The highest BCUT2D eigenvalue weighted by molar-refractivity contribution is 6.32. The van der Waals surface area contributed by atoms with Crippen molar-refractivity contribution < 1.29 is 19.1 Å². The van der Waals surface area contributed by atoms with Gasteiger partial charge >= 0.3 is 0 Å². The van der Waals surface area contributed by atoms with Crippen molar-refractivity contribution in [2.24, 2.45) is 0 Å². The lowest BCUT2D eigenvalue weighted by Gasteiger charge is -2.29. The van der Waals surface area contributed by atoms with E-state index in [2.05, 4.69) is 5.32 Å². The molecule has 0 aliphatic heterocycles. The summed E-state index contributed by atoms with van der Waals surface area (Å²) in [5, 5.41) is 3.32. The molecular formula is C26H27ClN2O4. The lowest BCUT2D eigenvalue weighted by Crippen LogP contribution is -2.48. The Balaban J connectivity index is 1.71. The van der Waals surface area contributed by atoms with Gasteiger partial charge in [-0.25, -0.2) is 0 Å². The number of rotatable bonds is 10. The van der Waals surface area contributed by atoms with Crippen molar-refractivity contribution in [2.75, 3.05) is 13.7 Å². The van der Waals surface area contributed by atoms with E-state index in [1.54, 1.807) is 38.3 Å². The summed E-state index contributed by atoms with van der Waals surface area (Å²) in [7, 11) is 1.59. The largest absolute Gasteiger partial charge is 0.497 e. The maximum Gasteiger partial charge on any atom is 0.261 e. The van der Waals surface area contributed by atoms with Gasteiger partial charge < -0.3 is 19.7 Å². The van der Waals surface area contributed by atoms with Gasteiger partial charge in [-0.1, -0.05) is 66.2 Å². The summed E-state index contributed by atoms with van der Waals surface area (Å²) in [5.41, 5.74) is 1.85. The van der Waals surface area contributed by atoms with Crippen LogP contribution in [0.5, 0.6) is 11.5 Å². The number of nitrogens with one attached hydrogen (secondary N) is 1. The second-order valence-electron chi connectivity index (χ2n) is 7.47. The van der Waals surface area contributed by atoms with Gasteiger partial charge in [0.05, 0.1) is 12.1 Å². The molecule has 1 N–H and O–H groups in total. The molecule has 1 atom stereocenters. The normalized spacial score (nSPS) is 11.4. The quantitative estimate of drug-likeness (QED) is 0.479. The molecule has 6 nitrogen and oxygen atoms in total. The summed E-state index contributed by atoms with van der Waals surface area (Å²) in [6.07, 6.45) is 0. The number of para-hydroxylation sites is 1. The summed E-state index contributed by atoms with van der Waals surface area (Å²) in [6, 6.07) is 23.2. The standard InChI is InChI=1S/C26H27ClN2O4/c1-19(26(31)28-16-20-8-4-3-5-9-20)29(17-21-12-14-22(32-2)15-13-21)25(30)18-33-24-11-7-6-10-23(24)27/h3-15,19H,16-18H2,1-2H3,(H,28,31)/t19-/m1/s1. The molecule has 7 heteroatoms. The fraction of sp³-hybridized carbons (Fsp3) is 0.231. The molecule has 0 unspecified atom stereocenters. The van der Waals surface area contributed by atoms with Gasteiger partial charge in [-0.05, 0) is 42.3 Å². The van der Waals surface area contributed by atoms with Crippen LogP contribution in [0.15, 0.2) is 78.9 Å². The van der Waals surface area contributed by atoms with Crippen LogP contribution in [0.1, 0.15) is 18.1 Å². The summed E-state index contributed by atoms with van der Waals surface area (Å²) in [4.78, 5) is 27.5. The van der Waals surface area contributed by atoms with Gasteiger partial charge in [-0.2, -0.15) is 0 Å². The smallest absolute Gasteiger partial charge is 0.261 e. The first-order chi connectivity index (χ1) is 16.0. The maximum atomic E-state index is 13.1. The van der Waals surface area contributed by atoms with Crippen molar-refractivity contribution >= 4 is 23.4 Å². The SMILES string of the molecule is COc1ccc(CN(C(=O)COc2ccccc2Cl)[C@H](C)C(=O)NCc2ccccc2)cc1. The molecule has 2 amide bonds. The second kappa shape index (κ2) is 11.9. The third kappa shape index (κ3) is 6.99. The fourth-order valence-corrected chi connectivity index (χ4v) is 3.42. The van der Waals surface area contributed by atoms with Crippen molar-refractivity contribution in [2.45, 2.75) is 26.1 Å². The fourth-order valence-electron chi connectivity index (χ4n) is 3.23. The molecule has 0 saturated heterocycles. The van der Waals surface area contributed by atoms with Gasteiger partial charge in [-0.15, -0.1) is 0 Å². The molecule has 33 heavy (non-hydrogen) atoms. The van der Waals surface area contributed by atoms with Crippen LogP contribution in [-0.2, 0) is 22.7 Å². The highest BCUT2D eigenvalue weighted by atomic mass is 35.5. The molecule has 0 saturated carbocycles. The van der Waals surface area contributed by atoms with Crippen LogP contribution < -0.4 is 14.8 Å². The van der Waals surface area contributed by atoms with E-state index in [9.17, 15) is 9.59 Å². The Morgan fingerprint density at radius 2 is 1.61 bits per heavy atom.